The van der Waals surface area contributed by atoms with Crippen LogP contribution in [0.5, 0.6) is 23.0 Å². The molecule has 7 aromatic carbocycles. The highest BCUT2D eigenvalue weighted by atomic mass is 16.5. The van der Waals surface area contributed by atoms with Gasteiger partial charge < -0.3 is 18.9 Å². The number of aromatic nitrogens is 1. The smallest absolute Gasteiger partial charge is 0.260 e. The predicted octanol–water partition coefficient (Wildman–Crippen LogP) is 9.91. The minimum absolute atomic E-state index is 0.0635. The molecule has 248 valence electrons. The van der Waals surface area contributed by atoms with Crippen LogP contribution in [0.1, 0.15) is 11.5 Å². The average Bonchev–Trinajstić information content (AvgIpc) is 3.74. The molecule has 0 radical (unpaired) electrons. The number of para-hydroxylation sites is 4. The lowest BCUT2D eigenvalue weighted by Gasteiger charge is -2.33. The van der Waals surface area contributed by atoms with Gasteiger partial charge >= 0.3 is 0 Å². The second-order valence-corrected chi connectivity index (χ2v) is 14.4. The summed E-state index contributed by atoms with van der Waals surface area (Å²) in [5.41, 5.74) is 13.0. The van der Waals surface area contributed by atoms with Gasteiger partial charge in [-0.05, 0) is 82.2 Å². The van der Waals surface area contributed by atoms with Crippen molar-refractivity contribution >= 4 is 56.3 Å². The van der Waals surface area contributed by atoms with E-state index in [1.54, 1.807) is 0 Å². The van der Waals surface area contributed by atoms with E-state index in [2.05, 4.69) is 173 Å². The van der Waals surface area contributed by atoms with E-state index in [4.69, 9.17) is 9.47 Å². The molecule has 0 bridgehead atoms. The van der Waals surface area contributed by atoms with E-state index >= 15 is 0 Å². The van der Waals surface area contributed by atoms with Crippen LogP contribution in [0.15, 0.2) is 176 Å². The Hall–Kier alpha value is -6.72. The molecular formula is C48H31BN2O2. The van der Waals surface area contributed by atoms with Crippen molar-refractivity contribution in [3.63, 3.8) is 0 Å². The second kappa shape index (κ2) is 10.9. The third-order valence-corrected chi connectivity index (χ3v) is 11.6. The van der Waals surface area contributed by atoms with Crippen molar-refractivity contribution in [2.45, 2.75) is 12.0 Å². The Kier molecular flexibility index (Phi) is 5.95. The zero-order valence-electron chi connectivity index (χ0n) is 28.7. The molecule has 1 aliphatic carbocycles. The van der Waals surface area contributed by atoms with Crippen LogP contribution < -0.4 is 30.8 Å². The van der Waals surface area contributed by atoms with Gasteiger partial charge in [0, 0.05) is 33.5 Å². The van der Waals surface area contributed by atoms with E-state index < -0.39 is 0 Å². The van der Waals surface area contributed by atoms with Gasteiger partial charge in [-0.25, -0.2) is 0 Å². The standard InChI is InChI=1S/C48H31BN2O2/c1-2-12-32(13-3-1)50-40-18-8-4-14-34(40)36-26-27-37-35-15-5-9-19-41(35)51(48(37)47(36)50)33-24-22-30(23-25-33)31-28-44-46-45(29-31)53-43-21-11-7-17-39(43)49(46)38-16-6-10-20-42(38)52-44/h1-29,34,40H. The molecule has 5 heteroatoms. The average molecular weight is 679 g/mol. The molecule has 2 unspecified atom stereocenters. The Morgan fingerprint density at radius 1 is 0.509 bits per heavy atom. The molecule has 1 aromatic heterocycles. The third kappa shape index (κ3) is 4.08. The summed E-state index contributed by atoms with van der Waals surface area (Å²) in [7, 11) is 0. The monoisotopic (exact) mass is 678 g/mol. The van der Waals surface area contributed by atoms with Gasteiger partial charge in [-0.15, -0.1) is 0 Å². The minimum atomic E-state index is 0.0635. The Bertz CT molecular complexity index is 2800. The van der Waals surface area contributed by atoms with Gasteiger partial charge in [0.1, 0.15) is 23.0 Å². The van der Waals surface area contributed by atoms with Gasteiger partial charge in [0.05, 0.1) is 22.8 Å². The summed E-state index contributed by atoms with van der Waals surface area (Å²) in [5.74, 6) is 3.77. The fourth-order valence-corrected chi connectivity index (χ4v) is 9.38. The maximum atomic E-state index is 6.61. The van der Waals surface area contributed by atoms with Crippen LogP contribution in [0.4, 0.5) is 11.4 Å². The summed E-state index contributed by atoms with van der Waals surface area (Å²) in [5, 5.41) is 2.51. The van der Waals surface area contributed by atoms with E-state index in [9.17, 15) is 0 Å². The first-order valence-electron chi connectivity index (χ1n) is 18.4. The highest BCUT2D eigenvalue weighted by molar-refractivity contribution is 6.98. The molecule has 4 aliphatic rings. The number of allylic oxidation sites excluding steroid dienone is 2. The summed E-state index contributed by atoms with van der Waals surface area (Å²) >= 11 is 0. The Morgan fingerprint density at radius 3 is 1.92 bits per heavy atom. The lowest BCUT2D eigenvalue weighted by molar-refractivity contribution is 0.465. The highest BCUT2D eigenvalue weighted by Crippen LogP contribution is 2.52. The molecular weight excluding hydrogens is 647 g/mol. The lowest BCUT2D eigenvalue weighted by atomic mass is 9.35. The van der Waals surface area contributed by atoms with Gasteiger partial charge in [0.15, 0.2) is 0 Å². The molecule has 3 aliphatic heterocycles. The van der Waals surface area contributed by atoms with Crippen LogP contribution in [0.25, 0.3) is 38.6 Å². The summed E-state index contributed by atoms with van der Waals surface area (Å²) in [4.78, 5) is 2.55. The van der Waals surface area contributed by atoms with Crippen LogP contribution in [0.3, 0.4) is 0 Å². The second-order valence-electron chi connectivity index (χ2n) is 14.4. The third-order valence-electron chi connectivity index (χ3n) is 11.6. The summed E-state index contributed by atoms with van der Waals surface area (Å²) in [6, 6.07) is 54.7. The van der Waals surface area contributed by atoms with E-state index in [1.807, 2.05) is 12.1 Å². The summed E-state index contributed by atoms with van der Waals surface area (Å²) < 4.78 is 15.7. The minimum Gasteiger partial charge on any atom is -0.458 e. The van der Waals surface area contributed by atoms with Crippen molar-refractivity contribution < 1.29 is 9.47 Å². The van der Waals surface area contributed by atoms with Crippen LogP contribution >= 0.6 is 0 Å². The van der Waals surface area contributed by atoms with Crippen molar-refractivity contribution in [2.75, 3.05) is 4.90 Å². The van der Waals surface area contributed by atoms with Crippen LogP contribution in [0, 0.1) is 0 Å². The highest BCUT2D eigenvalue weighted by Gasteiger charge is 2.41. The first-order chi connectivity index (χ1) is 26.3. The first kappa shape index (κ1) is 28.9. The number of nitrogens with zero attached hydrogens (tertiary/aromatic N) is 2. The van der Waals surface area contributed by atoms with Crippen molar-refractivity contribution in [3.05, 3.63) is 182 Å². The van der Waals surface area contributed by atoms with Crippen molar-refractivity contribution in [2.24, 2.45) is 0 Å². The fraction of sp³-hybridized carbons (Fsp3) is 0.0417. The topological polar surface area (TPSA) is 26.6 Å². The number of fused-ring (bicyclic) bond motifs is 11. The SMILES string of the molecule is C1=CC2c3ccc4c5ccccc5n(-c5ccc(-c6cc7c8c(c6)Oc6ccccc6B8c6ccccc6O7)cc5)c4c3N(c3ccccc3)C2C=C1. The van der Waals surface area contributed by atoms with E-state index in [0.29, 0.717) is 0 Å². The Morgan fingerprint density at radius 2 is 1.17 bits per heavy atom. The van der Waals surface area contributed by atoms with Gasteiger partial charge in [-0.3, -0.25) is 0 Å². The molecule has 4 heterocycles. The normalized spacial score (nSPS) is 17.1. The molecule has 0 amide bonds. The van der Waals surface area contributed by atoms with Crippen LogP contribution in [0.2, 0.25) is 0 Å². The fourth-order valence-electron chi connectivity index (χ4n) is 9.38. The number of hydrogen-bond donors (Lipinski definition) is 0. The van der Waals surface area contributed by atoms with Crippen molar-refractivity contribution in [1.82, 2.24) is 4.57 Å². The number of ether oxygens (including phenoxy) is 2. The zero-order valence-corrected chi connectivity index (χ0v) is 28.7. The largest absolute Gasteiger partial charge is 0.458 e. The molecule has 0 fully saturated rings. The maximum Gasteiger partial charge on any atom is 0.260 e. The molecule has 2 atom stereocenters. The van der Waals surface area contributed by atoms with Crippen molar-refractivity contribution in [3.8, 4) is 39.8 Å². The van der Waals surface area contributed by atoms with Crippen molar-refractivity contribution in [1.29, 1.82) is 0 Å². The molecule has 12 rings (SSSR count). The summed E-state index contributed by atoms with van der Waals surface area (Å²) in [6.45, 7) is 0.0635. The van der Waals surface area contributed by atoms with Crippen LogP contribution in [-0.2, 0) is 0 Å². The lowest BCUT2D eigenvalue weighted by Crippen LogP contribution is -2.57. The van der Waals surface area contributed by atoms with Gasteiger partial charge in [-0.1, -0.05) is 121 Å². The van der Waals surface area contributed by atoms with E-state index in [1.165, 1.54) is 49.7 Å². The zero-order chi connectivity index (χ0) is 34.6. The quantitative estimate of drug-likeness (QED) is 0.174. The van der Waals surface area contributed by atoms with Crippen LogP contribution in [-0.4, -0.2) is 17.3 Å². The molecule has 53 heavy (non-hydrogen) atoms. The maximum absolute atomic E-state index is 6.61. The van der Waals surface area contributed by atoms with Gasteiger partial charge in [-0.2, -0.15) is 0 Å². The molecule has 8 aromatic rings. The van der Waals surface area contributed by atoms with E-state index in [-0.39, 0.29) is 18.7 Å². The Labute approximate surface area is 307 Å². The molecule has 0 saturated heterocycles. The summed E-state index contributed by atoms with van der Waals surface area (Å²) in [6.07, 6.45) is 9.10. The first-order valence-corrected chi connectivity index (χ1v) is 18.4. The molecule has 0 N–H and O–H groups in total. The van der Waals surface area contributed by atoms with Gasteiger partial charge in [0.2, 0.25) is 0 Å². The van der Waals surface area contributed by atoms with Gasteiger partial charge in [0.25, 0.3) is 6.71 Å². The van der Waals surface area contributed by atoms with E-state index in [0.717, 1.165) is 45.3 Å². The molecule has 0 saturated carbocycles. The number of anilines is 2. The Balaban J connectivity index is 1.03. The number of hydrogen-bond acceptors (Lipinski definition) is 3. The predicted molar refractivity (Wildman–Crippen MR) is 217 cm³/mol. The number of benzene rings is 7. The molecule has 4 nitrogen and oxygen atoms in total. The molecule has 0 spiro atoms. The number of rotatable bonds is 3.